The summed E-state index contributed by atoms with van der Waals surface area (Å²) >= 11 is 0. The van der Waals surface area contributed by atoms with Crippen molar-refractivity contribution in [3.8, 4) is 0 Å². The quantitative estimate of drug-likeness (QED) is 0.503. The molecule has 1 N–H and O–H groups in total. The van der Waals surface area contributed by atoms with Crippen molar-refractivity contribution in [1.29, 1.82) is 0 Å². The molecule has 9 atom stereocenters. The first-order valence-electron chi connectivity index (χ1n) is 12.9. The number of fused-ring (bicyclic) bond motifs is 4. The molecule has 5 aliphatic carbocycles. The smallest absolute Gasteiger partial charge is 0.338 e. The molecule has 1 spiro atoms. The van der Waals surface area contributed by atoms with E-state index in [0.29, 0.717) is 11.1 Å². The highest BCUT2D eigenvalue weighted by molar-refractivity contribution is 6.05. The molecule has 1 aromatic carbocycles. The molecule has 36 heavy (non-hydrogen) atoms. The second-order valence-electron chi connectivity index (χ2n) is 12.3. The van der Waals surface area contributed by atoms with E-state index in [1.807, 2.05) is 39.8 Å². The number of ketones is 1. The van der Waals surface area contributed by atoms with Crippen LogP contribution in [-0.4, -0.2) is 40.1 Å². The van der Waals surface area contributed by atoms with Gasteiger partial charge in [0.05, 0.1) is 11.2 Å². The molecule has 0 heterocycles. The molecule has 6 heteroatoms. The van der Waals surface area contributed by atoms with Crippen LogP contribution in [0.5, 0.6) is 0 Å². The Morgan fingerprint density at radius 3 is 2.39 bits per heavy atom. The Bertz CT molecular complexity index is 1260. The van der Waals surface area contributed by atoms with Gasteiger partial charge >= 0.3 is 11.9 Å². The molecule has 3 saturated carbocycles. The number of rotatable bonds is 3. The molecule has 0 bridgehead atoms. The number of aliphatic hydroxyl groups is 1. The summed E-state index contributed by atoms with van der Waals surface area (Å²) in [6.07, 6.45) is 3.95. The highest BCUT2D eigenvalue weighted by Crippen LogP contribution is 2.80. The number of allylic oxidation sites excluding steroid dienone is 2. The summed E-state index contributed by atoms with van der Waals surface area (Å²) in [5, 5.41) is 12.8. The monoisotopic (exact) mass is 490 g/mol. The van der Waals surface area contributed by atoms with Crippen molar-refractivity contribution in [2.75, 3.05) is 0 Å². The number of hydrogen-bond donors (Lipinski definition) is 1. The SMILES string of the molecule is CC(=O)O[C@@]12[C@H](OC(=O)c3ccccc3)[C@@H](C)[C@]3(O)[C@@H]4C=C(C)C(=O)C45CC5C(C)=C[C@H]3[C@@H]1C2(C)C. The molecular weight excluding hydrogens is 456 g/mol. The van der Waals surface area contributed by atoms with Gasteiger partial charge in [0.15, 0.2) is 11.4 Å². The topological polar surface area (TPSA) is 89.9 Å². The second kappa shape index (κ2) is 6.97. The Morgan fingerprint density at radius 1 is 1.08 bits per heavy atom. The number of esters is 2. The summed E-state index contributed by atoms with van der Waals surface area (Å²) in [4.78, 5) is 39.2. The fourth-order valence-electron chi connectivity index (χ4n) is 8.77. The molecule has 190 valence electrons. The lowest BCUT2D eigenvalue weighted by Gasteiger charge is -2.52. The van der Waals surface area contributed by atoms with Gasteiger partial charge in [-0.25, -0.2) is 4.79 Å². The van der Waals surface area contributed by atoms with E-state index in [0.717, 1.165) is 12.0 Å². The van der Waals surface area contributed by atoms with E-state index in [1.54, 1.807) is 24.3 Å². The van der Waals surface area contributed by atoms with Crippen LogP contribution in [0.2, 0.25) is 0 Å². The third-order valence-electron chi connectivity index (χ3n) is 10.5. The molecule has 5 aliphatic rings. The fourth-order valence-corrected chi connectivity index (χ4v) is 8.77. The average Bonchev–Trinajstić information content (AvgIpc) is 3.66. The Morgan fingerprint density at radius 2 is 1.75 bits per heavy atom. The minimum atomic E-state index is -1.34. The van der Waals surface area contributed by atoms with Gasteiger partial charge in [0.25, 0.3) is 0 Å². The average molecular weight is 491 g/mol. The Kier molecular flexibility index (Phi) is 4.58. The molecular formula is C30H34O6. The van der Waals surface area contributed by atoms with Gasteiger partial charge in [0.2, 0.25) is 0 Å². The van der Waals surface area contributed by atoms with E-state index in [4.69, 9.17) is 9.47 Å². The largest absolute Gasteiger partial charge is 0.454 e. The number of Topliss-reactive ketones (excluding diaryl/α,β-unsaturated/α-hetero) is 1. The predicted octanol–water partition coefficient (Wildman–Crippen LogP) is 4.28. The molecule has 2 unspecified atom stereocenters. The summed E-state index contributed by atoms with van der Waals surface area (Å²) in [7, 11) is 0. The van der Waals surface area contributed by atoms with E-state index in [2.05, 4.69) is 13.0 Å². The molecule has 6 nitrogen and oxygen atoms in total. The Labute approximate surface area is 211 Å². The lowest BCUT2D eigenvalue weighted by molar-refractivity contribution is -0.209. The number of benzene rings is 1. The first-order chi connectivity index (χ1) is 16.8. The zero-order chi connectivity index (χ0) is 26.0. The first kappa shape index (κ1) is 23.7. The molecule has 0 radical (unpaired) electrons. The maximum absolute atomic E-state index is 13.4. The Hall–Kier alpha value is -2.73. The summed E-state index contributed by atoms with van der Waals surface area (Å²) in [6, 6.07) is 8.73. The van der Waals surface area contributed by atoms with Crippen LogP contribution in [0.15, 0.2) is 53.6 Å². The summed E-state index contributed by atoms with van der Waals surface area (Å²) < 4.78 is 12.3. The van der Waals surface area contributed by atoms with Crippen molar-refractivity contribution in [3.63, 3.8) is 0 Å². The van der Waals surface area contributed by atoms with E-state index in [1.165, 1.54) is 6.92 Å². The lowest BCUT2D eigenvalue weighted by Crippen LogP contribution is -2.64. The first-order valence-corrected chi connectivity index (χ1v) is 12.9. The molecule has 0 aliphatic heterocycles. The van der Waals surface area contributed by atoms with Gasteiger partial charge in [0.1, 0.15) is 6.10 Å². The number of carbonyl (C=O) groups is 3. The summed E-state index contributed by atoms with van der Waals surface area (Å²) in [5.41, 5.74) is -1.39. The van der Waals surface area contributed by atoms with Crippen LogP contribution in [0.1, 0.15) is 58.3 Å². The third-order valence-corrected chi connectivity index (χ3v) is 10.5. The number of ether oxygens (including phenoxy) is 2. The summed E-state index contributed by atoms with van der Waals surface area (Å²) in [5.74, 6) is -2.33. The maximum Gasteiger partial charge on any atom is 0.338 e. The standard InChI is InChI=1S/C30H34O6/c1-15-12-20-23-27(5,6)30(23,36-18(4)31)25(35-26(33)19-10-8-7-9-11-19)17(3)29(20,34)22-13-16(2)24(32)28(22)14-21(15)28/h7-13,17,20-23,25,34H,14H2,1-6H3/t17-,20+,21?,22-,23-,25-,28?,29-,30-/m1/s1. The highest BCUT2D eigenvalue weighted by atomic mass is 16.6. The number of carbonyl (C=O) groups excluding carboxylic acids is 3. The van der Waals surface area contributed by atoms with Crippen LogP contribution in [-0.2, 0) is 19.1 Å². The van der Waals surface area contributed by atoms with Gasteiger partial charge < -0.3 is 14.6 Å². The predicted molar refractivity (Wildman–Crippen MR) is 132 cm³/mol. The van der Waals surface area contributed by atoms with Crippen LogP contribution in [0, 0.1) is 40.4 Å². The van der Waals surface area contributed by atoms with Crippen molar-refractivity contribution < 1.29 is 29.0 Å². The van der Waals surface area contributed by atoms with E-state index in [9.17, 15) is 19.5 Å². The normalized spacial score (nSPS) is 45.0. The molecule has 0 saturated heterocycles. The van der Waals surface area contributed by atoms with Crippen molar-refractivity contribution in [3.05, 3.63) is 59.2 Å². The highest BCUT2D eigenvalue weighted by Gasteiger charge is 2.89. The lowest BCUT2D eigenvalue weighted by atomic mass is 9.58. The van der Waals surface area contributed by atoms with Gasteiger partial charge in [-0.3, -0.25) is 9.59 Å². The molecule has 6 rings (SSSR count). The third kappa shape index (κ3) is 2.54. The summed E-state index contributed by atoms with van der Waals surface area (Å²) in [6.45, 7) is 11.2. The van der Waals surface area contributed by atoms with Gasteiger partial charge in [0, 0.05) is 41.4 Å². The minimum absolute atomic E-state index is 0.0980. The van der Waals surface area contributed by atoms with Crippen LogP contribution in [0.4, 0.5) is 0 Å². The van der Waals surface area contributed by atoms with Gasteiger partial charge in [-0.15, -0.1) is 0 Å². The Balaban J connectivity index is 1.52. The molecule has 1 aromatic rings. The van der Waals surface area contributed by atoms with Crippen molar-refractivity contribution >= 4 is 17.7 Å². The van der Waals surface area contributed by atoms with Crippen LogP contribution in [0.25, 0.3) is 0 Å². The molecule has 3 fully saturated rings. The van der Waals surface area contributed by atoms with Crippen molar-refractivity contribution in [1.82, 2.24) is 0 Å². The van der Waals surface area contributed by atoms with Gasteiger partial charge in [-0.1, -0.05) is 56.7 Å². The van der Waals surface area contributed by atoms with Crippen LogP contribution in [0.3, 0.4) is 0 Å². The van der Waals surface area contributed by atoms with Crippen molar-refractivity contribution in [2.45, 2.75) is 65.3 Å². The van der Waals surface area contributed by atoms with E-state index >= 15 is 0 Å². The van der Waals surface area contributed by atoms with Gasteiger partial charge in [-0.2, -0.15) is 0 Å². The van der Waals surface area contributed by atoms with E-state index in [-0.39, 0.29) is 29.5 Å². The van der Waals surface area contributed by atoms with E-state index < -0.39 is 46.0 Å². The minimum Gasteiger partial charge on any atom is -0.454 e. The zero-order valence-corrected chi connectivity index (χ0v) is 21.7. The maximum atomic E-state index is 13.4. The van der Waals surface area contributed by atoms with Gasteiger partial charge in [-0.05, 0) is 43.9 Å². The number of hydrogen-bond acceptors (Lipinski definition) is 6. The fraction of sp³-hybridized carbons (Fsp3) is 0.567. The second-order valence-corrected chi connectivity index (χ2v) is 12.3. The molecule has 0 amide bonds. The molecule has 0 aromatic heterocycles. The van der Waals surface area contributed by atoms with Crippen LogP contribution < -0.4 is 0 Å². The van der Waals surface area contributed by atoms with Crippen molar-refractivity contribution in [2.24, 2.45) is 40.4 Å². The van der Waals surface area contributed by atoms with Crippen LogP contribution >= 0.6 is 0 Å². The zero-order valence-electron chi connectivity index (χ0n) is 21.7.